The third-order valence-corrected chi connectivity index (χ3v) is 4.08. The van der Waals surface area contributed by atoms with Crippen LogP contribution in [0.25, 0.3) is 6.08 Å². The van der Waals surface area contributed by atoms with E-state index in [0.29, 0.717) is 28.2 Å². The Morgan fingerprint density at radius 3 is 2.26 bits per heavy atom. The van der Waals surface area contributed by atoms with E-state index in [1.54, 1.807) is 48.5 Å². The second-order valence-corrected chi connectivity index (χ2v) is 5.87. The Morgan fingerprint density at radius 1 is 0.963 bits per heavy atom. The van der Waals surface area contributed by atoms with Gasteiger partial charge in [-0.1, -0.05) is 36.4 Å². The number of benzene rings is 2. The molecule has 2 N–H and O–H groups in total. The number of carbonyl (C=O) groups excluding carboxylic acids is 3. The lowest BCUT2D eigenvalue weighted by Crippen LogP contribution is -2.25. The van der Waals surface area contributed by atoms with Crippen molar-refractivity contribution in [2.45, 2.75) is 6.92 Å². The number of esters is 1. The van der Waals surface area contributed by atoms with Crippen LogP contribution in [-0.4, -0.2) is 24.6 Å². The van der Waals surface area contributed by atoms with E-state index in [1.165, 1.54) is 20.1 Å². The Kier molecular flexibility index (Phi) is 4.90. The number of hydrogen-bond acceptors (Lipinski definition) is 6. The van der Waals surface area contributed by atoms with Crippen molar-refractivity contribution in [1.82, 2.24) is 0 Å². The van der Waals surface area contributed by atoms with Gasteiger partial charge in [-0.3, -0.25) is 14.4 Å². The summed E-state index contributed by atoms with van der Waals surface area (Å²) in [6.07, 6.45) is 3.15. The van der Waals surface area contributed by atoms with Crippen LogP contribution in [-0.2, 0) is 4.79 Å². The highest BCUT2D eigenvalue weighted by Crippen LogP contribution is 2.30. The number of hydrogen-bond donors (Lipinski definition) is 1. The van der Waals surface area contributed by atoms with Gasteiger partial charge in [-0.2, -0.15) is 0 Å². The van der Waals surface area contributed by atoms with Crippen LogP contribution in [0.15, 0.2) is 59.8 Å². The van der Waals surface area contributed by atoms with Gasteiger partial charge in [-0.15, -0.1) is 0 Å². The Morgan fingerprint density at radius 2 is 1.63 bits per heavy atom. The number of ketones is 2. The maximum Gasteiger partial charge on any atom is 0.308 e. The van der Waals surface area contributed by atoms with Gasteiger partial charge in [-0.05, 0) is 23.8 Å². The van der Waals surface area contributed by atoms with Crippen molar-refractivity contribution in [3.05, 3.63) is 76.5 Å². The second-order valence-electron chi connectivity index (χ2n) is 5.87. The topological polar surface area (TPSA) is 95.7 Å². The highest BCUT2D eigenvalue weighted by atomic mass is 16.6. The fourth-order valence-corrected chi connectivity index (χ4v) is 2.79. The lowest BCUT2D eigenvalue weighted by Gasteiger charge is -2.16. The molecular formula is C21H17NO5. The van der Waals surface area contributed by atoms with Crippen LogP contribution in [0.5, 0.6) is 11.5 Å². The first-order valence-corrected chi connectivity index (χ1v) is 8.15. The summed E-state index contributed by atoms with van der Waals surface area (Å²) in [6.45, 7) is 1.30. The van der Waals surface area contributed by atoms with Gasteiger partial charge >= 0.3 is 5.97 Å². The number of methoxy groups -OCH3 is 1. The molecule has 0 saturated heterocycles. The van der Waals surface area contributed by atoms with Crippen LogP contribution < -0.4 is 15.2 Å². The summed E-state index contributed by atoms with van der Waals surface area (Å²) in [5.41, 5.74) is 7.28. The predicted molar refractivity (Wildman–Crippen MR) is 99.7 cm³/mol. The molecular weight excluding hydrogens is 346 g/mol. The number of fused-ring (bicyclic) bond motifs is 1. The third kappa shape index (κ3) is 3.50. The molecule has 0 amide bonds. The van der Waals surface area contributed by atoms with Crippen molar-refractivity contribution in [2.75, 3.05) is 7.11 Å². The van der Waals surface area contributed by atoms with Gasteiger partial charge < -0.3 is 15.2 Å². The molecule has 0 saturated carbocycles. The first-order chi connectivity index (χ1) is 12.9. The fourth-order valence-electron chi connectivity index (χ4n) is 2.79. The van der Waals surface area contributed by atoms with Crippen molar-refractivity contribution in [3.63, 3.8) is 0 Å². The number of ether oxygens (including phenoxy) is 2. The van der Waals surface area contributed by atoms with Crippen LogP contribution in [0.4, 0.5) is 0 Å². The minimum atomic E-state index is -0.459. The Balaban J connectivity index is 1.94. The summed E-state index contributed by atoms with van der Waals surface area (Å²) in [6, 6.07) is 11.5. The molecule has 6 heteroatoms. The summed E-state index contributed by atoms with van der Waals surface area (Å²) in [7, 11) is 1.45. The molecule has 0 atom stereocenters. The largest absolute Gasteiger partial charge is 0.493 e. The summed E-state index contributed by atoms with van der Waals surface area (Å²) >= 11 is 0. The molecule has 0 heterocycles. The van der Waals surface area contributed by atoms with Crippen molar-refractivity contribution in [2.24, 2.45) is 5.73 Å². The molecule has 0 aromatic heterocycles. The zero-order chi connectivity index (χ0) is 19.6. The Labute approximate surface area is 155 Å². The first-order valence-electron chi connectivity index (χ1n) is 8.15. The van der Waals surface area contributed by atoms with Gasteiger partial charge in [0.1, 0.15) is 0 Å². The van der Waals surface area contributed by atoms with E-state index in [1.807, 2.05) is 0 Å². The number of Topliss-reactive ketones (excluding diaryl/α,β-unsaturated/α-hetero) is 2. The molecule has 0 bridgehead atoms. The lowest BCUT2D eigenvalue weighted by atomic mass is 9.87. The van der Waals surface area contributed by atoms with E-state index < -0.39 is 5.97 Å². The normalized spacial score (nSPS) is 13.7. The quantitative estimate of drug-likeness (QED) is 0.663. The molecule has 0 radical (unpaired) electrons. The minimum absolute atomic E-state index is 0.0848. The Hall–Kier alpha value is -3.67. The zero-order valence-electron chi connectivity index (χ0n) is 14.8. The van der Waals surface area contributed by atoms with E-state index in [4.69, 9.17) is 15.2 Å². The van der Waals surface area contributed by atoms with Crippen LogP contribution >= 0.6 is 0 Å². The van der Waals surface area contributed by atoms with Gasteiger partial charge in [0.15, 0.2) is 17.3 Å². The van der Waals surface area contributed by atoms with Crippen molar-refractivity contribution in [1.29, 1.82) is 0 Å². The number of allylic oxidation sites excluding steroid dienone is 3. The molecule has 136 valence electrons. The summed E-state index contributed by atoms with van der Waals surface area (Å²) in [5.74, 6) is -0.473. The highest BCUT2D eigenvalue weighted by molar-refractivity contribution is 6.27. The molecule has 3 rings (SSSR count). The molecule has 2 aromatic rings. The van der Waals surface area contributed by atoms with E-state index in [9.17, 15) is 14.4 Å². The predicted octanol–water partition coefficient (Wildman–Crippen LogP) is 2.93. The molecule has 0 spiro atoms. The number of carbonyl (C=O) groups is 3. The average Bonchev–Trinajstić information content (AvgIpc) is 2.66. The van der Waals surface area contributed by atoms with Crippen LogP contribution in [0.3, 0.4) is 0 Å². The van der Waals surface area contributed by atoms with Gasteiger partial charge in [-0.25, -0.2) is 0 Å². The van der Waals surface area contributed by atoms with Crippen molar-refractivity contribution < 1.29 is 23.9 Å². The SMILES string of the molecule is COc1cc(/C=C/C2=C(N)C(=O)c3ccccc3C2=O)ccc1OC(C)=O. The molecule has 6 nitrogen and oxygen atoms in total. The molecule has 0 fully saturated rings. The maximum absolute atomic E-state index is 12.7. The fraction of sp³-hybridized carbons (Fsp3) is 0.0952. The van der Waals surface area contributed by atoms with E-state index >= 15 is 0 Å². The molecule has 0 aliphatic heterocycles. The van der Waals surface area contributed by atoms with E-state index in [0.717, 1.165) is 0 Å². The summed E-state index contributed by atoms with van der Waals surface area (Å²) in [5, 5.41) is 0. The zero-order valence-corrected chi connectivity index (χ0v) is 14.8. The molecule has 1 aliphatic carbocycles. The summed E-state index contributed by atoms with van der Waals surface area (Å²) < 4.78 is 10.3. The number of nitrogens with two attached hydrogens (primary N) is 1. The van der Waals surface area contributed by atoms with E-state index in [2.05, 4.69) is 0 Å². The van der Waals surface area contributed by atoms with Gasteiger partial charge in [0.25, 0.3) is 0 Å². The van der Waals surface area contributed by atoms with Gasteiger partial charge in [0, 0.05) is 23.6 Å². The van der Waals surface area contributed by atoms with Crippen LogP contribution in [0, 0.1) is 0 Å². The smallest absolute Gasteiger partial charge is 0.308 e. The molecule has 0 unspecified atom stereocenters. The summed E-state index contributed by atoms with van der Waals surface area (Å²) in [4.78, 5) is 36.2. The molecule has 2 aromatic carbocycles. The van der Waals surface area contributed by atoms with Crippen molar-refractivity contribution in [3.8, 4) is 11.5 Å². The maximum atomic E-state index is 12.7. The van der Waals surface area contributed by atoms with Crippen LogP contribution in [0.1, 0.15) is 33.2 Å². The standard InChI is InChI=1S/C21H17NO5/c1-12(23)27-17-10-8-13(11-18(17)26-2)7-9-16-19(22)21(25)15-6-4-3-5-14(15)20(16)24/h3-11H,22H2,1-2H3/b9-7+. The van der Waals surface area contributed by atoms with Gasteiger partial charge in [0.2, 0.25) is 5.78 Å². The van der Waals surface area contributed by atoms with Crippen LogP contribution in [0.2, 0.25) is 0 Å². The lowest BCUT2D eigenvalue weighted by molar-refractivity contribution is -0.132. The second kappa shape index (κ2) is 7.29. The minimum Gasteiger partial charge on any atom is -0.493 e. The highest BCUT2D eigenvalue weighted by Gasteiger charge is 2.28. The molecule has 27 heavy (non-hydrogen) atoms. The molecule has 1 aliphatic rings. The van der Waals surface area contributed by atoms with Crippen molar-refractivity contribution >= 4 is 23.6 Å². The van der Waals surface area contributed by atoms with Gasteiger partial charge in [0.05, 0.1) is 12.8 Å². The Bertz CT molecular complexity index is 1020. The monoisotopic (exact) mass is 363 g/mol. The first kappa shape index (κ1) is 18.1. The van der Waals surface area contributed by atoms with E-state index in [-0.39, 0.29) is 22.8 Å². The number of rotatable bonds is 4. The average molecular weight is 363 g/mol. The third-order valence-electron chi connectivity index (χ3n) is 4.08.